The largest absolute Gasteiger partial charge is 0.477 e. The zero-order chi connectivity index (χ0) is 20.8. The fraction of sp³-hybridized carbons (Fsp3) is 0.158. The molecular formula is C19H15F3N2O4. The Morgan fingerprint density at radius 2 is 1.75 bits per heavy atom. The second kappa shape index (κ2) is 6.68. The Hall–Kier alpha value is -3.33. The van der Waals surface area contributed by atoms with Crippen LogP contribution in [0.4, 0.5) is 18.9 Å². The molecule has 0 aliphatic rings. The Kier molecular flexibility index (Phi) is 4.64. The molecule has 0 spiro atoms. The quantitative estimate of drug-likeness (QED) is 0.634. The highest BCUT2D eigenvalue weighted by atomic mass is 19.4. The van der Waals surface area contributed by atoms with Gasteiger partial charge in [0.2, 0.25) is 0 Å². The molecular weight excluding hydrogens is 377 g/mol. The van der Waals surface area contributed by atoms with Crippen LogP contribution in [0.15, 0.2) is 47.3 Å². The number of hydrogen-bond acceptors (Lipinski definition) is 4. The average molecular weight is 392 g/mol. The summed E-state index contributed by atoms with van der Waals surface area (Å²) < 4.78 is 40.4. The molecule has 3 aromatic rings. The number of anilines is 1. The number of rotatable bonds is 3. The third kappa shape index (κ3) is 3.20. The van der Waals surface area contributed by atoms with Crippen molar-refractivity contribution in [1.29, 1.82) is 0 Å². The average Bonchev–Trinajstić information content (AvgIpc) is 2.60. The third-order valence-electron chi connectivity index (χ3n) is 4.39. The lowest BCUT2D eigenvalue weighted by molar-refractivity contribution is -0.137. The number of carboxylic acid groups (broad SMARTS) is 1. The number of alkyl halides is 3. The van der Waals surface area contributed by atoms with Crippen LogP contribution in [0.5, 0.6) is 0 Å². The van der Waals surface area contributed by atoms with Crippen molar-refractivity contribution in [3.8, 4) is 5.69 Å². The predicted octanol–water partition coefficient (Wildman–Crippen LogP) is 3.34. The van der Waals surface area contributed by atoms with Gasteiger partial charge in [-0.3, -0.25) is 9.36 Å². The number of carboxylic acids is 1. The Balaban J connectivity index is 2.44. The number of nitrogen functional groups attached to an aromatic ring is 1. The lowest BCUT2D eigenvalue weighted by atomic mass is 10.0. The first kappa shape index (κ1) is 19.4. The maximum atomic E-state index is 13.2. The molecule has 2 aromatic carbocycles. The van der Waals surface area contributed by atoms with E-state index in [4.69, 9.17) is 5.73 Å². The van der Waals surface area contributed by atoms with E-state index in [0.29, 0.717) is 5.56 Å². The van der Waals surface area contributed by atoms with E-state index in [9.17, 15) is 33.0 Å². The van der Waals surface area contributed by atoms with Crippen LogP contribution in [-0.4, -0.2) is 20.7 Å². The smallest absolute Gasteiger partial charge is 0.416 e. The van der Waals surface area contributed by atoms with Gasteiger partial charge in [-0.2, -0.15) is 13.2 Å². The van der Waals surface area contributed by atoms with Gasteiger partial charge in [-0.05, 0) is 36.8 Å². The summed E-state index contributed by atoms with van der Waals surface area (Å²) in [6.07, 6.45) is -5.45. The number of carbonyl (C=O) groups is 1. The van der Waals surface area contributed by atoms with Crippen LogP contribution in [0, 0.1) is 0 Å². The summed E-state index contributed by atoms with van der Waals surface area (Å²) in [5, 5.41) is 19.0. The van der Waals surface area contributed by atoms with Crippen molar-refractivity contribution in [2.24, 2.45) is 0 Å². The van der Waals surface area contributed by atoms with Gasteiger partial charge in [0.05, 0.1) is 22.9 Å². The molecule has 0 saturated carbocycles. The SMILES string of the molecule is C[C@@H](O)c1ccc(-n2c(=O)c(C(=O)O)c(N)c3ccc(C(F)(F)F)cc32)cc1. The maximum Gasteiger partial charge on any atom is 0.416 e. The van der Waals surface area contributed by atoms with Crippen LogP contribution in [0.2, 0.25) is 0 Å². The van der Waals surface area contributed by atoms with Crippen LogP contribution in [0.3, 0.4) is 0 Å². The number of aromatic carboxylic acids is 1. The number of aliphatic hydroxyl groups is 1. The molecule has 0 aliphatic heterocycles. The van der Waals surface area contributed by atoms with E-state index in [-0.39, 0.29) is 16.6 Å². The number of hydrogen-bond donors (Lipinski definition) is 3. The lowest BCUT2D eigenvalue weighted by Gasteiger charge is -2.17. The number of aliphatic hydroxyl groups excluding tert-OH is 1. The molecule has 0 unspecified atom stereocenters. The Morgan fingerprint density at radius 1 is 1.14 bits per heavy atom. The molecule has 1 atom stereocenters. The molecule has 4 N–H and O–H groups in total. The molecule has 28 heavy (non-hydrogen) atoms. The van der Waals surface area contributed by atoms with Crippen LogP contribution < -0.4 is 11.3 Å². The highest BCUT2D eigenvalue weighted by molar-refractivity contribution is 6.04. The van der Waals surface area contributed by atoms with Crippen molar-refractivity contribution in [2.75, 3.05) is 5.73 Å². The van der Waals surface area contributed by atoms with Crippen LogP contribution in [0.25, 0.3) is 16.6 Å². The highest BCUT2D eigenvalue weighted by Crippen LogP contribution is 2.33. The summed E-state index contributed by atoms with van der Waals surface area (Å²) in [5.74, 6) is -1.58. The molecule has 6 nitrogen and oxygen atoms in total. The predicted molar refractivity (Wildman–Crippen MR) is 96.6 cm³/mol. The summed E-state index contributed by atoms with van der Waals surface area (Å²) >= 11 is 0. The van der Waals surface area contributed by atoms with Crippen molar-refractivity contribution in [3.05, 3.63) is 69.5 Å². The van der Waals surface area contributed by atoms with Gasteiger partial charge in [0, 0.05) is 11.1 Å². The summed E-state index contributed by atoms with van der Waals surface area (Å²) in [4.78, 5) is 24.3. The minimum absolute atomic E-state index is 0.00426. The van der Waals surface area contributed by atoms with E-state index < -0.39 is 40.6 Å². The van der Waals surface area contributed by atoms with Gasteiger partial charge in [0.25, 0.3) is 5.56 Å². The number of pyridine rings is 1. The number of nitrogens with zero attached hydrogens (tertiary/aromatic N) is 1. The van der Waals surface area contributed by atoms with E-state index in [0.717, 1.165) is 22.8 Å². The van der Waals surface area contributed by atoms with Gasteiger partial charge in [0.15, 0.2) is 0 Å². The molecule has 0 amide bonds. The number of benzene rings is 2. The van der Waals surface area contributed by atoms with Crippen LogP contribution in [-0.2, 0) is 6.18 Å². The normalized spacial score (nSPS) is 12.9. The molecule has 0 aliphatic carbocycles. The van der Waals surface area contributed by atoms with E-state index in [1.165, 1.54) is 31.2 Å². The van der Waals surface area contributed by atoms with E-state index >= 15 is 0 Å². The van der Waals surface area contributed by atoms with Crippen molar-refractivity contribution >= 4 is 22.6 Å². The molecule has 0 fully saturated rings. The van der Waals surface area contributed by atoms with Gasteiger partial charge >= 0.3 is 12.1 Å². The number of aromatic nitrogens is 1. The second-order valence-electron chi connectivity index (χ2n) is 6.23. The third-order valence-corrected chi connectivity index (χ3v) is 4.39. The molecule has 9 heteroatoms. The van der Waals surface area contributed by atoms with E-state index in [2.05, 4.69) is 0 Å². The summed E-state index contributed by atoms with van der Waals surface area (Å²) in [6.45, 7) is 1.53. The molecule has 0 radical (unpaired) electrons. The number of nitrogens with two attached hydrogens (primary N) is 1. The van der Waals surface area contributed by atoms with Crippen molar-refractivity contribution < 1.29 is 28.2 Å². The Labute approximate surface area is 156 Å². The Bertz CT molecular complexity index is 1130. The van der Waals surface area contributed by atoms with E-state index in [1.54, 1.807) is 0 Å². The fourth-order valence-corrected chi connectivity index (χ4v) is 2.96. The summed E-state index contributed by atoms with van der Waals surface area (Å²) in [5.41, 5.74) is 3.08. The monoisotopic (exact) mass is 392 g/mol. The van der Waals surface area contributed by atoms with E-state index in [1.807, 2.05) is 0 Å². The van der Waals surface area contributed by atoms with Gasteiger partial charge in [-0.1, -0.05) is 18.2 Å². The minimum Gasteiger partial charge on any atom is -0.477 e. The minimum atomic E-state index is -4.66. The van der Waals surface area contributed by atoms with Gasteiger partial charge < -0.3 is 15.9 Å². The molecule has 0 bridgehead atoms. The molecule has 3 rings (SSSR count). The Morgan fingerprint density at radius 3 is 2.25 bits per heavy atom. The molecule has 146 valence electrons. The summed E-state index contributed by atoms with van der Waals surface area (Å²) in [6, 6.07) is 8.36. The maximum absolute atomic E-state index is 13.2. The number of fused-ring (bicyclic) bond motifs is 1. The van der Waals surface area contributed by atoms with Gasteiger partial charge in [-0.15, -0.1) is 0 Å². The highest BCUT2D eigenvalue weighted by Gasteiger charge is 2.31. The first-order chi connectivity index (χ1) is 13.0. The number of halogens is 3. The van der Waals surface area contributed by atoms with Crippen LogP contribution in [0.1, 0.15) is 34.5 Å². The van der Waals surface area contributed by atoms with Crippen molar-refractivity contribution in [2.45, 2.75) is 19.2 Å². The lowest BCUT2D eigenvalue weighted by Crippen LogP contribution is -2.27. The topological polar surface area (TPSA) is 106 Å². The molecule has 1 heterocycles. The first-order valence-electron chi connectivity index (χ1n) is 8.09. The zero-order valence-electron chi connectivity index (χ0n) is 14.5. The van der Waals surface area contributed by atoms with Crippen molar-refractivity contribution in [1.82, 2.24) is 4.57 Å². The second-order valence-corrected chi connectivity index (χ2v) is 6.23. The van der Waals surface area contributed by atoms with Crippen molar-refractivity contribution in [3.63, 3.8) is 0 Å². The van der Waals surface area contributed by atoms with Gasteiger partial charge in [0.1, 0.15) is 5.56 Å². The zero-order valence-corrected chi connectivity index (χ0v) is 14.5. The standard InChI is InChI=1S/C19H15F3N2O4/c1-9(25)10-2-5-12(6-3-10)24-14-8-11(19(20,21)22)4-7-13(14)16(23)15(17(24)26)18(27)28/h2-9,25H,23H2,1H3,(H,27,28)/t9-/m1/s1. The molecule has 0 saturated heterocycles. The molecule has 1 aromatic heterocycles. The van der Waals surface area contributed by atoms with Gasteiger partial charge in [-0.25, -0.2) is 4.79 Å². The summed E-state index contributed by atoms with van der Waals surface area (Å²) in [7, 11) is 0. The van der Waals surface area contributed by atoms with Crippen LogP contribution >= 0.6 is 0 Å². The first-order valence-corrected chi connectivity index (χ1v) is 8.09. The fourth-order valence-electron chi connectivity index (χ4n) is 2.96.